The molecule has 0 atom stereocenters. The number of anilines is 1. The number of rotatable bonds is 12. The van der Waals surface area contributed by atoms with E-state index >= 15 is 0 Å². The van der Waals surface area contributed by atoms with Gasteiger partial charge in [-0.2, -0.15) is 0 Å². The summed E-state index contributed by atoms with van der Waals surface area (Å²) in [6, 6.07) is 8.70. The minimum absolute atomic E-state index is 0.361. The van der Waals surface area contributed by atoms with Crippen LogP contribution >= 0.6 is 0 Å². The first kappa shape index (κ1) is 29.7. The molecule has 190 valence electrons. The highest BCUT2D eigenvalue weighted by Crippen LogP contribution is 2.21. The number of amidine groups is 1. The second-order valence-corrected chi connectivity index (χ2v) is 8.07. The topological polar surface area (TPSA) is 52.0 Å². The molecule has 0 unspecified atom stereocenters. The van der Waals surface area contributed by atoms with Crippen molar-refractivity contribution in [2.24, 2.45) is 9.98 Å². The van der Waals surface area contributed by atoms with Crippen LogP contribution in [0, 0.1) is 0 Å². The van der Waals surface area contributed by atoms with E-state index in [1.165, 1.54) is 5.57 Å². The van der Waals surface area contributed by atoms with Crippen LogP contribution in [-0.2, 0) is 0 Å². The van der Waals surface area contributed by atoms with Gasteiger partial charge in [-0.05, 0) is 62.1 Å². The highest BCUT2D eigenvalue weighted by Gasteiger charge is 2.16. The summed E-state index contributed by atoms with van der Waals surface area (Å²) < 4.78 is 0. The van der Waals surface area contributed by atoms with E-state index in [4.69, 9.17) is 4.99 Å². The van der Waals surface area contributed by atoms with Gasteiger partial charge in [-0.25, -0.2) is 0 Å². The Morgan fingerprint density at radius 1 is 1.09 bits per heavy atom. The quantitative estimate of drug-likeness (QED) is 0.302. The number of hydrazine groups is 1. The van der Waals surface area contributed by atoms with Crippen LogP contribution in [0.5, 0.6) is 0 Å². The first-order chi connectivity index (χ1) is 17.0. The number of nitrogens with one attached hydrogen (secondary N) is 2. The Labute approximate surface area is 213 Å². The molecule has 0 aliphatic carbocycles. The molecule has 1 aliphatic heterocycles. The summed E-state index contributed by atoms with van der Waals surface area (Å²) in [5.74, 6) is 0.905. The Hall–Kier alpha value is -3.34. The summed E-state index contributed by atoms with van der Waals surface area (Å²) in [5, 5.41) is 5.32. The molecule has 0 radical (unpaired) electrons. The number of nitrogens with zero attached hydrogens (tertiary/aromatic N) is 3. The lowest BCUT2D eigenvalue weighted by molar-refractivity contribution is 0.347. The number of allylic oxidation sites excluding steroid dienone is 4. The van der Waals surface area contributed by atoms with Gasteiger partial charge < -0.3 is 5.32 Å². The van der Waals surface area contributed by atoms with E-state index in [0.29, 0.717) is 12.6 Å². The lowest BCUT2D eigenvalue weighted by Crippen LogP contribution is -2.44. The van der Waals surface area contributed by atoms with Gasteiger partial charge in [0.1, 0.15) is 5.84 Å². The molecule has 0 saturated carbocycles. The molecule has 35 heavy (non-hydrogen) atoms. The maximum Gasteiger partial charge on any atom is 0.140 e. The van der Waals surface area contributed by atoms with E-state index in [9.17, 15) is 0 Å². The molecule has 1 aliphatic rings. The molecule has 0 amide bonds. The third-order valence-electron chi connectivity index (χ3n) is 5.30. The summed E-state index contributed by atoms with van der Waals surface area (Å²) in [5.41, 5.74) is 8.46. The Morgan fingerprint density at radius 3 is 2.31 bits per heavy atom. The number of aliphatic imine (C=N–C) groups is 2. The summed E-state index contributed by atoms with van der Waals surface area (Å²) >= 11 is 0. The van der Waals surface area contributed by atoms with Crippen molar-refractivity contribution in [3.63, 3.8) is 0 Å². The molecular formula is C30H45N5. The molecule has 0 spiro atoms. The van der Waals surface area contributed by atoms with Crippen LogP contribution in [0.25, 0.3) is 5.57 Å². The van der Waals surface area contributed by atoms with Crippen LogP contribution in [-0.4, -0.2) is 29.6 Å². The summed E-state index contributed by atoms with van der Waals surface area (Å²) in [6.07, 6.45) is 16.0. The van der Waals surface area contributed by atoms with Crippen molar-refractivity contribution in [2.75, 3.05) is 11.9 Å². The van der Waals surface area contributed by atoms with Crippen molar-refractivity contribution in [3.05, 3.63) is 84.9 Å². The van der Waals surface area contributed by atoms with Crippen molar-refractivity contribution < 1.29 is 0 Å². The molecule has 0 saturated heterocycles. The molecule has 2 N–H and O–H groups in total. The maximum absolute atomic E-state index is 4.96. The Balaban J connectivity index is 0.00000298. The van der Waals surface area contributed by atoms with Crippen molar-refractivity contribution in [1.82, 2.24) is 10.4 Å². The molecule has 2 rings (SSSR count). The Bertz CT molecular complexity index is 926. The number of benzene rings is 1. The van der Waals surface area contributed by atoms with E-state index in [2.05, 4.69) is 85.0 Å². The standard InChI is InChI=1S/C28H39N5.C2H6/c1-7-11-26(12-8-2)31-28-18-13-23(6)33(32-28)21-24(10-4)25-14-16-27(17-15-25)30-22(5)20-29-19-9-3;1-2/h9-10,13-20,26,30H,5-8,11-12,21H2,1-4H3,(H,31,32);1-2H3/b19-9-,24-10+,29-20?;. The molecule has 1 aromatic carbocycles. The van der Waals surface area contributed by atoms with Gasteiger partial charge in [-0.15, -0.1) is 0 Å². The third-order valence-corrected chi connectivity index (χ3v) is 5.30. The molecule has 5 heteroatoms. The normalized spacial score (nSPS) is 15.1. The van der Waals surface area contributed by atoms with Gasteiger partial charge >= 0.3 is 0 Å². The van der Waals surface area contributed by atoms with E-state index in [1.54, 1.807) is 12.4 Å². The summed E-state index contributed by atoms with van der Waals surface area (Å²) in [7, 11) is 0. The largest absolute Gasteiger partial charge is 0.355 e. The molecule has 5 nitrogen and oxygen atoms in total. The lowest BCUT2D eigenvalue weighted by atomic mass is 10.0. The average molecular weight is 476 g/mol. The van der Waals surface area contributed by atoms with Gasteiger partial charge in [-0.1, -0.05) is 78.0 Å². The van der Waals surface area contributed by atoms with Gasteiger partial charge in [0.2, 0.25) is 0 Å². The predicted octanol–water partition coefficient (Wildman–Crippen LogP) is 7.90. The van der Waals surface area contributed by atoms with Crippen LogP contribution in [0.4, 0.5) is 5.69 Å². The fourth-order valence-electron chi connectivity index (χ4n) is 3.59. The van der Waals surface area contributed by atoms with Crippen LogP contribution < -0.4 is 10.7 Å². The maximum atomic E-state index is 4.96. The molecular weight excluding hydrogens is 430 g/mol. The molecule has 0 bridgehead atoms. The highest BCUT2D eigenvalue weighted by molar-refractivity contribution is 5.94. The van der Waals surface area contributed by atoms with Gasteiger partial charge in [0.05, 0.1) is 18.3 Å². The second-order valence-electron chi connectivity index (χ2n) is 8.07. The zero-order chi connectivity index (χ0) is 26.1. The lowest BCUT2D eigenvalue weighted by Gasteiger charge is -2.31. The van der Waals surface area contributed by atoms with Crippen molar-refractivity contribution in [3.8, 4) is 0 Å². The smallest absolute Gasteiger partial charge is 0.140 e. The van der Waals surface area contributed by atoms with Crippen molar-refractivity contribution >= 4 is 23.3 Å². The third kappa shape index (κ3) is 10.6. The SMILES string of the molecule is C=C(C=N/C=C\C)Nc1ccc(/C(=C/C)CN2NC(=NC(CCC)CCC)C=CC2=C)cc1.CC. The molecule has 1 aromatic rings. The molecule has 1 heterocycles. The number of hydrogen-bond donors (Lipinski definition) is 2. The fraction of sp³-hybridized carbons (Fsp3) is 0.400. The second kappa shape index (κ2) is 17.1. The zero-order valence-electron chi connectivity index (χ0n) is 22.6. The van der Waals surface area contributed by atoms with Crippen LogP contribution in [0.15, 0.2) is 89.3 Å². The zero-order valence-corrected chi connectivity index (χ0v) is 22.6. The van der Waals surface area contributed by atoms with Crippen molar-refractivity contribution in [2.45, 2.75) is 73.3 Å². The monoisotopic (exact) mass is 475 g/mol. The van der Waals surface area contributed by atoms with E-state index in [1.807, 2.05) is 39.0 Å². The Morgan fingerprint density at radius 2 is 1.74 bits per heavy atom. The van der Waals surface area contributed by atoms with E-state index in [-0.39, 0.29) is 0 Å². The summed E-state index contributed by atoms with van der Waals surface area (Å²) in [4.78, 5) is 9.11. The van der Waals surface area contributed by atoms with Crippen LogP contribution in [0.1, 0.15) is 72.8 Å². The number of hydrogen-bond acceptors (Lipinski definition) is 4. The van der Waals surface area contributed by atoms with Gasteiger partial charge in [0, 0.05) is 23.8 Å². The fourth-order valence-corrected chi connectivity index (χ4v) is 3.59. The van der Waals surface area contributed by atoms with Gasteiger partial charge in [0.15, 0.2) is 0 Å². The Kier molecular flexibility index (Phi) is 14.5. The van der Waals surface area contributed by atoms with E-state index < -0.39 is 0 Å². The highest BCUT2D eigenvalue weighted by atomic mass is 15.5. The predicted molar refractivity (Wildman–Crippen MR) is 157 cm³/mol. The van der Waals surface area contributed by atoms with Crippen LogP contribution in [0.3, 0.4) is 0 Å². The van der Waals surface area contributed by atoms with E-state index in [0.717, 1.165) is 54.2 Å². The average Bonchev–Trinajstić information content (AvgIpc) is 2.86. The van der Waals surface area contributed by atoms with Crippen molar-refractivity contribution in [1.29, 1.82) is 0 Å². The summed E-state index contributed by atoms with van der Waals surface area (Å²) in [6.45, 7) is 21.3. The molecule has 0 aromatic heterocycles. The van der Waals surface area contributed by atoms with Gasteiger partial charge in [0.25, 0.3) is 0 Å². The first-order valence-electron chi connectivity index (χ1n) is 12.9. The molecule has 0 fully saturated rings. The van der Waals surface area contributed by atoms with Crippen LogP contribution in [0.2, 0.25) is 0 Å². The minimum atomic E-state index is 0.361. The first-order valence-corrected chi connectivity index (χ1v) is 12.9. The van der Waals surface area contributed by atoms with Gasteiger partial charge in [-0.3, -0.25) is 20.4 Å². The minimum Gasteiger partial charge on any atom is -0.355 e.